The Morgan fingerprint density at radius 1 is 1.42 bits per heavy atom. The van der Waals surface area contributed by atoms with Crippen LogP contribution in [0.4, 0.5) is 5.82 Å². The predicted molar refractivity (Wildman–Crippen MR) is 82.0 cm³/mol. The summed E-state index contributed by atoms with van der Waals surface area (Å²) in [5, 5.41) is 6.01. The van der Waals surface area contributed by atoms with Gasteiger partial charge in [0.25, 0.3) is 5.91 Å². The number of aromatic nitrogens is 1. The van der Waals surface area contributed by atoms with Gasteiger partial charge in [0.1, 0.15) is 11.5 Å². The van der Waals surface area contributed by atoms with Crippen molar-refractivity contribution in [2.24, 2.45) is 0 Å². The molecule has 19 heavy (non-hydrogen) atoms. The number of carbonyl (C=O) groups is 1. The second-order valence-corrected chi connectivity index (χ2v) is 6.62. The van der Waals surface area contributed by atoms with Crippen LogP contribution in [0.3, 0.4) is 0 Å². The highest BCUT2D eigenvalue weighted by molar-refractivity contribution is 9.11. The minimum atomic E-state index is -0.286. The van der Waals surface area contributed by atoms with Gasteiger partial charge in [0.2, 0.25) is 0 Å². The number of halogens is 2. The zero-order valence-electron chi connectivity index (χ0n) is 10.0. The first-order chi connectivity index (χ1) is 9.10. The third kappa shape index (κ3) is 3.68. The van der Waals surface area contributed by atoms with E-state index in [2.05, 4.69) is 31.5 Å². The molecular weight excluding hydrogens is 350 g/mol. The van der Waals surface area contributed by atoms with Crippen molar-refractivity contribution in [1.82, 2.24) is 10.3 Å². The molecule has 7 heteroatoms. The van der Waals surface area contributed by atoms with Crippen LogP contribution in [-0.4, -0.2) is 17.9 Å². The topological polar surface area (TPSA) is 54.0 Å². The monoisotopic (exact) mass is 359 g/mol. The highest BCUT2D eigenvalue weighted by Gasteiger charge is 2.13. The van der Waals surface area contributed by atoms with E-state index in [0.29, 0.717) is 17.4 Å². The first kappa shape index (κ1) is 14.3. The molecule has 0 radical (unpaired) electrons. The molecule has 0 saturated heterocycles. The molecular formula is C12H11BrClN3OS. The Morgan fingerprint density at radius 2 is 2.21 bits per heavy atom. The van der Waals surface area contributed by atoms with E-state index in [1.165, 1.54) is 0 Å². The van der Waals surface area contributed by atoms with Crippen LogP contribution in [-0.2, 0) is 6.54 Å². The van der Waals surface area contributed by atoms with Gasteiger partial charge in [0.05, 0.1) is 15.4 Å². The summed E-state index contributed by atoms with van der Waals surface area (Å²) in [5.74, 6) is 0.319. The van der Waals surface area contributed by atoms with E-state index in [1.807, 2.05) is 12.1 Å². The van der Waals surface area contributed by atoms with Crippen molar-refractivity contribution >= 4 is 50.6 Å². The molecule has 2 rings (SSSR count). The fraction of sp³-hybridized carbons (Fsp3) is 0.167. The largest absolute Gasteiger partial charge is 0.373 e. The molecule has 2 heterocycles. The van der Waals surface area contributed by atoms with Crippen LogP contribution in [0.15, 0.2) is 28.1 Å². The van der Waals surface area contributed by atoms with Crippen molar-refractivity contribution in [2.75, 3.05) is 12.4 Å². The van der Waals surface area contributed by atoms with Crippen molar-refractivity contribution in [2.45, 2.75) is 6.54 Å². The Kier molecular flexibility index (Phi) is 4.79. The fourth-order valence-corrected chi connectivity index (χ4v) is 3.05. The molecule has 0 fully saturated rings. The first-order valence-electron chi connectivity index (χ1n) is 5.47. The summed E-state index contributed by atoms with van der Waals surface area (Å²) in [4.78, 5) is 17.2. The van der Waals surface area contributed by atoms with Gasteiger partial charge in [0, 0.05) is 11.9 Å². The number of carbonyl (C=O) groups excluding carboxylic acids is 1. The van der Waals surface area contributed by atoms with Gasteiger partial charge in [-0.3, -0.25) is 4.79 Å². The van der Waals surface area contributed by atoms with E-state index in [9.17, 15) is 4.79 Å². The Hall–Kier alpha value is -1.11. The maximum atomic E-state index is 12.0. The summed E-state index contributed by atoms with van der Waals surface area (Å²) < 4.78 is 1.03. The van der Waals surface area contributed by atoms with E-state index >= 15 is 0 Å². The predicted octanol–water partition coefficient (Wildman–Crippen LogP) is 3.53. The molecule has 0 aliphatic rings. The fourth-order valence-electron chi connectivity index (χ4n) is 1.44. The van der Waals surface area contributed by atoms with Gasteiger partial charge in [-0.1, -0.05) is 11.6 Å². The normalized spacial score (nSPS) is 10.3. The smallest absolute Gasteiger partial charge is 0.271 e. The zero-order chi connectivity index (χ0) is 13.8. The lowest BCUT2D eigenvalue weighted by Gasteiger charge is -2.07. The van der Waals surface area contributed by atoms with Gasteiger partial charge < -0.3 is 10.6 Å². The number of nitrogens with one attached hydrogen (secondary N) is 2. The summed E-state index contributed by atoms with van der Waals surface area (Å²) in [5.41, 5.74) is 0.226. The van der Waals surface area contributed by atoms with Gasteiger partial charge >= 0.3 is 0 Å². The first-order valence-corrected chi connectivity index (χ1v) is 7.45. The lowest BCUT2D eigenvalue weighted by atomic mass is 10.3. The molecule has 2 aromatic heterocycles. The molecule has 0 aliphatic heterocycles. The van der Waals surface area contributed by atoms with E-state index in [4.69, 9.17) is 11.6 Å². The summed E-state index contributed by atoms with van der Waals surface area (Å²) >= 11 is 10.9. The van der Waals surface area contributed by atoms with Crippen LogP contribution >= 0.6 is 38.9 Å². The summed E-state index contributed by atoms with van der Waals surface area (Å²) in [6, 6.07) is 7.26. The molecule has 0 aliphatic carbocycles. The zero-order valence-corrected chi connectivity index (χ0v) is 13.2. The maximum absolute atomic E-state index is 12.0. The number of thiophene rings is 1. The second kappa shape index (κ2) is 6.36. The maximum Gasteiger partial charge on any atom is 0.271 e. The van der Waals surface area contributed by atoms with Gasteiger partial charge in [0.15, 0.2) is 0 Å². The molecule has 0 unspecified atom stereocenters. The number of rotatable bonds is 4. The molecule has 1 amide bonds. The van der Waals surface area contributed by atoms with Gasteiger partial charge in [-0.2, -0.15) is 0 Å². The van der Waals surface area contributed by atoms with Crippen molar-refractivity contribution in [3.8, 4) is 0 Å². The lowest BCUT2D eigenvalue weighted by Crippen LogP contribution is -2.24. The Bertz CT molecular complexity index is 602. The number of anilines is 1. The highest BCUT2D eigenvalue weighted by Crippen LogP contribution is 2.22. The van der Waals surface area contributed by atoms with Crippen LogP contribution in [0.25, 0.3) is 0 Å². The van der Waals surface area contributed by atoms with Crippen molar-refractivity contribution in [3.63, 3.8) is 0 Å². The van der Waals surface area contributed by atoms with Crippen molar-refractivity contribution in [3.05, 3.63) is 43.6 Å². The lowest BCUT2D eigenvalue weighted by molar-refractivity contribution is 0.0946. The molecule has 0 spiro atoms. The van der Waals surface area contributed by atoms with Crippen LogP contribution in [0.5, 0.6) is 0 Å². The average molecular weight is 361 g/mol. The SMILES string of the molecule is CNc1ccc(Cl)c(C(=O)NCc2ccc(Br)s2)n1. The summed E-state index contributed by atoms with van der Waals surface area (Å²) in [7, 11) is 1.74. The third-order valence-corrected chi connectivity index (χ3v) is 4.30. The van der Waals surface area contributed by atoms with E-state index in [0.717, 1.165) is 8.66 Å². The molecule has 2 aromatic rings. The number of pyridine rings is 1. The number of hydrogen-bond donors (Lipinski definition) is 2. The molecule has 0 atom stereocenters. The third-order valence-electron chi connectivity index (χ3n) is 2.37. The highest BCUT2D eigenvalue weighted by atomic mass is 79.9. The van der Waals surface area contributed by atoms with Crippen LogP contribution in [0.2, 0.25) is 5.02 Å². The van der Waals surface area contributed by atoms with Crippen molar-refractivity contribution < 1.29 is 4.79 Å². The van der Waals surface area contributed by atoms with Crippen molar-refractivity contribution in [1.29, 1.82) is 0 Å². The quantitative estimate of drug-likeness (QED) is 0.877. The standard InChI is InChI=1S/C12H11BrClN3OS/c1-15-10-5-3-8(14)11(17-10)12(18)16-6-7-2-4-9(13)19-7/h2-5H,6H2,1H3,(H,15,17)(H,16,18). The second-order valence-electron chi connectivity index (χ2n) is 3.67. The molecule has 0 saturated carbocycles. The van der Waals surface area contributed by atoms with Crippen LogP contribution in [0.1, 0.15) is 15.4 Å². The number of amides is 1. The Morgan fingerprint density at radius 3 is 2.84 bits per heavy atom. The molecule has 100 valence electrons. The summed E-state index contributed by atoms with van der Waals surface area (Å²) in [6.45, 7) is 0.455. The van der Waals surface area contributed by atoms with Gasteiger partial charge in [-0.25, -0.2) is 4.98 Å². The van der Waals surface area contributed by atoms with Gasteiger partial charge in [-0.15, -0.1) is 11.3 Å². The average Bonchev–Trinajstić information content (AvgIpc) is 2.82. The Balaban J connectivity index is 2.07. The van der Waals surface area contributed by atoms with E-state index < -0.39 is 0 Å². The minimum absolute atomic E-state index is 0.226. The molecule has 2 N–H and O–H groups in total. The van der Waals surface area contributed by atoms with Crippen LogP contribution < -0.4 is 10.6 Å². The number of nitrogens with zero attached hydrogens (tertiary/aromatic N) is 1. The minimum Gasteiger partial charge on any atom is -0.373 e. The molecule has 0 bridgehead atoms. The molecule has 0 aromatic carbocycles. The molecule has 4 nitrogen and oxygen atoms in total. The van der Waals surface area contributed by atoms with E-state index in [1.54, 1.807) is 30.5 Å². The van der Waals surface area contributed by atoms with Crippen LogP contribution in [0, 0.1) is 0 Å². The number of hydrogen-bond acceptors (Lipinski definition) is 4. The van der Waals surface area contributed by atoms with Gasteiger partial charge in [-0.05, 0) is 40.2 Å². The summed E-state index contributed by atoms with van der Waals surface area (Å²) in [6.07, 6.45) is 0. The Labute approximate surface area is 128 Å². The van der Waals surface area contributed by atoms with E-state index in [-0.39, 0.29) is 11.6 Å².